The second-order valence-electron chi connectivity index (χ2n) is 5.15. The molecule has 0 aliphatic heterocycles. The van der Waals surface area contributed by atoms with Crippen molar-refractivity contribution in [3.63, 3.8) is 0 Å². The molecule has 1 amide bonds. The maximum absolute atomic E-state index is 11.8. The van der Waals surface area contributed by atoms with Gasteiger partial charge in [0.1, 0.15) is 5.75 Å². The van der Waals surface area contributed by atoms with Crippen LogP contribution >= 0.6 is 17.0 Å². The number of aromatic hydroxyl groups is 1. The molecule has 0 unspecified atom stereocenters. The highest BCUT2D eigenvalue weighted by Gasteiger charge is 2.22. The van der Waals surface area contributed by atoms with Gasteiger partial charge in [-0.25, -0.2) is 0 Å². The number of rotatable bonds is 1. The quantitative estimate of drug-likeness (QED) is 0.866. The molecule has 0 atom stereocenters. The minimum atomic E-state index is -0.177. The summed E-state index contributed by atoms with van der Waals surface area (Å²) in [5.74, 6) is -0.0858. The van der Waals surface area contributed by atoms with E-state index in [1.165, 1.54) is 4.90 Å². The number of phenols is 1. The van der Waals surface area contributed by atoms with Gasteiger partial charge in [-0.3, -0.25) is 4.79 Å². The first-order valence-electron chi connectivity index (χ1n) is 5.29. The van der Waals surface area contributed by atoms with Gasteiger partial charge in [0.15, 0.2) is 0 Å². The van der Waals surface area contributed by atoms with Gasteiger partial charge in [-0.05, 0) is 11.5 Å². The molecule has 0 aromatic heterocycles. The van der Waals surface area contributed by atoms with Crippen LogP contribution in [-0.2, 0) is 5.41 Å². The normalized spacial score (nSPS) is 10.6. The summed E-state index contributed by atoms with van der Waals surface area (Å²) in [4.78, 5) is 13.3. The molecule has 1 rings (SSSR count). The number of para-hydroxylation sites is 1. The lowest BCUT2D eigenvalue weighted by Gasteiger charge is -2.22. The van der Waals surface area contributed by atoms with E-state index >= 15 is 0 Å². The number of phenolic OH excluding ortho intramolecular Hbond substituents is 1. The molecule has 0 aliphatic carbocycles. The molecule has 1 aromatic rings. The Balaban J connectivity index is 0.00000256. The minimum absolute atomic E-state index is 0. The van der Waals surface area contributed by atoms with Gasteiger partial charge in [0.2, 0.25) is 0 Å². The highest BCUT2D eigenvalue weighted by molar-refractivity contribution is 8.93. The summed E-state index contributed by atoms with van der Waals surface area (Å²) in [5, 5.41) is 10.1. The number of benzene rings is 1. The third-order valence-electron chi connectivity index (χ3n) is 2.48. The average molecular weight is 302 g/mol. The Bertz CT molecular complexity index is 408. The summed E-state index contributed by atoms with van der Waals surface area (Å²) in [6, 6.07) is 5.30. The van der Waals surface area contributed by atoms with Crippen LogP contribution in [-0.4, -0.2) is 30.0 Å². The molecule has 3 nitrogen and oxygen atoms in total. The monoisotopic (exact) mass is 301 g/mol. The Morgan fingerprint density at radius 1 is 1.24 bits per heavy atom. The SMILES string of the molecule is Br.CN(C)C(=O)c1cccc(C(C)(C)C)c1O. The number of hydrogen-bond acceptors (Lipinski definition) is 2. The zero-order valence-corrected chi connectivity index (χ0v) is 12.7. The summed E-state index contributed by atoms with van der Waals surface area (Å²) in [6.07, 6.45) is 0. The maximum atomic E-state index is 11.8. The third-order valence-corrected chi connectivity index (χ3v) is 2.48. The largest absolute Gasteiger partial charge is 0.507 e. The summed E-state index contributed by atoms with van der Waals surface area (Å²) < 4.78 is 0. The number of hydrogen-bond donors (Lipinski definition) is 1. The molecule has 0 aliphatic rings. The zero-order valence-electron chi connectivity index (χ0n) is 10.9. The lowest BCUT2D eigenvalue weighted by Crippen LogP contribution is -2.23. The van der Waals surface area contributed by atoms with E-state index in [0.29, 0.717) is 5.56 Å². The summed E-state index contributed by atoms with van der Waals surface area (Å²) in [6.45, 7) is 6.02. The molecule has 0 bridgehead atoms. The van der Waals surface area contributed by atoms with Gasteiger partial charge in [-0.1, -0.05) is 32.9 Å². The maximum Gasteiger partial charge on any atom is 0.257 e. The molecule has 17 heavy (non-hydrogen) atoms. The predicted molar refractivity (Wildman–Crippen MR) is 75.1 cm³/mol. The van der Waals surface area contributed by atoms with Gasteiger partial charge in [0, 0.05) is 19.7 Å². The van der Waals surface area contributed by atoms with Crippen LogP contribution in [0.15, 0.2) is 18.2 Å². The number of amides is 1. The fourth-order valence-corrected chi connectivity index (χ4v) is 1.56. The first kappa shape index (κ1) is 16.0. The fourth-order valence-electron chi connectivity index (χ4n) is 1.56. The van der Waals surface area contributed by atoms with Crippen molar-refractivity contribution in [1.82, 2.24) is 4.90 Å². The summed E-state index contributed by atoms with van der Waals surface area (Å²) in [5.41, 5.74) is 0.977. The molecule has 96 valence electrons. The van der Waals surface area contributed by atoms with Crippen molar-refractivity contribution in [2.24, 2.45) is 0 Å². The zero-order chi connectivity index (χ0) is 12.5. The molecule has 0 saturated carbocycles. The van der Waals surface area contributed by atoms with E-state index in [1.54, 1.807) is 26.2 Å². The van der Waals surface area contributed by atoms with Crippen molar-refractivity contribution in [3.05, 3.63) is 29.3 Å². The van der Waals surface area contributed by atoms with Crippen LogP contribution in [0, 0.1) is 0 Å². The smallest absolute Gasteiger partial charge is 0.257 e. The average Bonchev–Trinajstić information content (AvgIpc) is 2.15. The van der Waals surface area contributed by atoms with Crippen molar-refractivity contribution >= 4 is 22.9 Å². The Labute approximate surface area is 113 Å². The van der Waals surface area contributed by atoms with Gasteiger partial charge >= 0.3 is 0 Å². The molecule has 4 heteroatoms. The molecule has 1 N–H and O–H groups in total. The van der Waals surface area contributed by atoms with Crippen LogP contribution in [0.5, 0.6) is 5.75 Å². The second-order valence-corrected chi connectivity index (χ2v) is 5.15. The Hall–Kier alpha value is -1.03. The molecule has 0 spiro atoms. The van der Waals surface area contributed by atoms with E-state index in [1.807, 2.05) is 26.8 Å². The van der Waals surface area contributed by atoms with Crippen molar-refractivity contribution in [2.75, 3.05) is 14.1 Å². The standard InChI is InChI=1S/C13H19NO2.BrH/c1-13(2,3)10-8-6-7-9(11(10)15)12(16)14(4)5;/h6-8,15H,1-5H3;1H. The van der Waals surface area contributed by atoms with Gasteiger partial charge in [-0.15, -0.1) is 17.0 Å². The number of halogens is 1. The highest BCUT2D eigenvalue weighted by Crippen LogP contribution is 2.33. The van der Waals surface area contributed by atoms with Gasteiger partial charge in [-0.2, -0.15) is 0 Å². The predicted octanol–water partition coefficient (Wildman–Crippen LogP) is 2.97. The molecule has 1 aromatic carbocycles. The molecule has 0 saturated heterocycles. The Kier molecular flexibility index (Phi) is 5.20. The van der Waals surface area contributed by atoms with Crippen molar-refractivity contribution in [3.8, 4) is 5.75 Å². The van der Waals surface area contributed by atoms with E-state index in [0.717, 1.165) is 5.56 Å². The van der Waals surface area contributed by atoms with E-state index in [4.69, 9.17) is 0 Å². The minimum Gasteiger partial charge on any atom is -0.507 e. The number of carbonyl (C=O) groups excluding carboxylic acids is 1. The first-order valence-corrected chi connectivity index (χ1v) is 5.29. The van der Waals surface area contributed by atoms with E-state index in [9.17, 15) is 9.90 Å². The molecule has 0 fully saturated rings. The van der Waals surface area contributed by atoms with Crippen molar-refractivity contribution in [1.29, 1.82) is 0 Å². The highest BCUT2D eigenvalue weighted by atomic mass is 79.9. The molecular formula is C13H20BrNO2. The van der Waals surface area contributed by atoms with Crippen LogP contribution < -0.4 is 0 Å². The van der Waals surface area contributed by atoms with Gasteiger partial charge < -0.3 is 10.0 Å². The van der Waals surface area contributed by atoms with Crippen LogP contribution in [0.25, 0.3) is 0 Å². The molecule has 0 radical (unpaired) electrons. The first-order chi connectivity index (χ1) is 7.25. The lowest BCUT2D eigenvalue weighted by molar-refractivity contribution is 0.0824. The topological polar surface area (TPSA) is 40.5 Å². The molecular weight excluding hydrogens is 282 g/mol. The van der Waals surface area contributed by atoms with Gasteiger partial charge in [0.25, 0.3) is 5.91 Å². The van der Waals surface area contributed by atoms with E-state index in [-0.39, 0.29) is 34.1 Å². The Morgan fingerprint density at radius 3 is 2.18 bits per heavy atom. The summed E-state index contributed by atoms with van der Waals surface area (Å²) >= 11 is 0. The van der Waals surface area contributed by atoms with Gasteiger partial charge in [0.05, 0.1) is 5.56 Å². The van der Waals surface area contributed by atoms with Crippen molar-refractivity contribution in [2.45, 2.75) is 26.2 Å². The Morgan fingerprint density at radius 2 is 1.76 bits per heavy atom. The van der Waals surface area contributed by atoms with Crippen LogP contribution in [0.3, 0.4) is 0 Å². The van der Waals surface area contributed by atoms with E-state index < -0.39 is 0 Å². The van der Waals surface area contributed by atoms with E-state index in [2.05, 4.69) is 0 Å². The number of nitrogens with zero attached hydrogens (tertiary/aromatic N) is 1. The van der Waals surface area contributed by atoms with Crippen LogP contribution in [0.1, 0.15) is 36.7 Å². The fraction of sp³-hybridized carbons (Fsp3) is 0.462. The second kappa shape index (κ2) is 5.54. The van der Waals surface area contributed by atoms with Crippen LogP contribution in [0.2, 0.25) is 0 Å². The number of carbonyl (C=O) groups is 1. The lowest BCUT2D eigenvalue weighted by atomic mass is 9.85. The van der Waals surface area contributed by atoms with Crippen LogP contribution in [0.4, 0.5) is 0 Å². The molecule has 0 heterocycles. The summed E-state index contributed by atoms with van der Waals surface area (Å²) in [7, 11) is 3.34. The van der Waals surface area contributed by atoms with Crippen molar-refractivity contribution < 1.29 is 9.90 Å². The third kappa shape index (κ3) is 3.46.